The van der Waals surface area contributed by atoms with Crippen LogP contribution in [0.2, 0.25) is 0 Å². The van der Waals surface area contributed by atoms with Crippen LogP contribution < -0.4 is 0 Å². The molecule has 1 aromatic heterocycles. The van der Waals surface area contributed by atoms with E-state index >= 15 is 0 Å². The van der Waals surface area contributed by atoms with Gasteiger partial charge in [-0.1, -0.05) is 13.8 Å². The Morgan fingerprint density at radius 3 is 2.67 bits per heavy atom. The van der Waals surface area contributed by atoms with Crippen molar-refractivity contribution in [1.29, 1.82) is 0 Å². The molecule has 0 saturated heterocycles. The van der Waals surface area contributed by atoms with Gasteiger partial charge in [0.2, 0.25) is 5.88 Å². The van der Waals surface area contributed by atoms with Gasteiger partial charge >= 0.3 is 0 Å². The van der Waals surface area contributed by atoms with Crippen LogP contribution in [0.1, 0.15) is 32.3 Å². The van der Waals surface area contributed by atoms with Crippen molar-refractivity contribution in [2.24, 2.45) is 9.98 Å². The minimum Gasteiger partial charge on any atom is -0.493 e. The molecule has 4 heteroatoms. The highest BCUT2D eigenvalue weighted by molar-refractivity contribution is 5.69. The largest absolute Gasteiger partial charge is 0.493 e. The predicted molar refractivity (Wildman–Crippen MR) is 63.0 cm³/mol. The van der Waals surface area contributed by atoms with E-state index in [2.05, 4.69) is 21.7 Å². The van der Waals surface area contributed by atoms with E-state index in [9.17, 15) is 5.11 Å². The second-order valence-electron chi connectivity index (χ2n) is 3.44. The Hall–Kier alpha value is -1.71. The molecule has 1 N–H and O–H groups in total. The van der Waals surface area contributed by atoms with Crippen LogP contribution in [0, 0.1) is 0 Å². The molecular formula is C11H15N3O. The second-order valence-corrected chi connectivity index (χ2v) is 3.44. The summed E-state index contributed by atoms with van der Waals surface area (Å²) >= 11 is 0. The molecule has 0 spiro atoms. The van der Waals surface area contributed by atoms with Crippen molar-refractivity contribution in [3.63, 3.8) is 0 Å². The van der Waals surface area contributed by atoms with Gasteiger partial charge in [0.15, 0.2) is 5.82 Å². The van der Waals surface area contributed by atoms with Crippen LogP contribution in [0.3, 0.4) is 0 Å². The first-order valence-electron chi connectivity index (χ1n) is 4.79. The molecule has 0 saturated carbocycles. The molecule has 0 aliphatic carbocycles. The van der Waals surface area contributed by atoms with Crippen molar-refractivity contribution in [1.82, 2.24) is 4.98 Å². The summed E-state index contributed by atoms with van der Waals surface area (Å²) in [7, 11) is 0. The van der Waals surface area contributed by atoms with Crippen molar-refractivity contribution in [3.05, 3.63) is 11.6 Å². The van der Waals surface area contributed by atoms with E-state index in [1.54, 1.807) is 19.2 Å². The predicted octanol–water partition coefficient (Wildman–Crippen LogP) is 2.96. The first-order valence-corrected chi connectivity index (χ1v) is 4.79. The van der Waals surface area contributed by atoms with Crippen molar-refractivity contribution in [2.45, 2.75) is 26.7 Å². The van der Waals surface area contributed by atoms with Crippen molar-refractivity contribution in [2.75, 3.05) is 0 Å². The average molecular weight is 205 g/mol. The second kappa shape index (κ2) is 4.68. The smallest absolute Gasteiger partial charge is 0.216 e. The summed E-state index contributed by atoms with van der Waals surface area (Å²) in [4.78, 5) is 11.8. The highest BCUT2D eigenvalue weighted by Crippen LogP contribution is 2.34. The Labute approximate surface area is 89.4 Å². The fourth-order valence-corrected chi connectivity index (χ4v) is 1.26. The van der Waals surface area contributed by atoms with Gasteiger partial charge < -0.3 is 5.11 Å². The van der Waals surface area contributed by atoms with Gasteiger partial charge in [-0.25, -0.2) is 4.99 Å². The summed E-state index contributed by atoms with van der Waals surface area (Å²) in [5, 5.41) is 9.66. The Balaban J connectivity index is 3.35. The van der Waals surface area contributed by atoms with Gasteiger partial charge in [-0.05, 0) is 25.6 Å². The summed E-state index contributed by atoms with van der Waals surface area (Å²) in [6, 6.07) is 1.77. The Morgan fingerprint density at radius 2 is 2.20 bits per heavy atom. The van der Waals surface area contributed by atoms with E-state index in [-0.39, 0.29) is 11.8 Å². The number of hydrogen-bond acceptors (Lipinski definition) is 4. The highest BCUT2D eigenvalue weighted by Gasteiger charge is 2.11. The first-order chi connectivity index (χ1) is 7.10. The normalized spacial score (nSPS) is 11.2. The van der Waals surface area contributed by atoms with Crippen LogP contribution in [0.15, 0.2) is 16.1 Å². The zero-order chi connectivity index (χ0) is 11.4. The maximum atomic E-state index is 9.66. The van der Waals surface area contributed by atoms with Crippen LogP contribution in [0.4, 0.5) is 11.5 Å². The van der Waals surface area contributed by atoms with E-state index in [0.29, 0.717) is 11.5 Å². The van der Waals surface area contributed by atoms with Crippen LogP contribution in [-0.2, 0) is 0 Å². The van der Waals surface area contributed by atoms with E-state index in [1.807, 2.05) is 13.8 Å². The lowest BCUT2D eigenvalue weighted by atomic mass is 10.0. The van der Waals surface area contributed by atoms with Gasteiger partial charge in [0.25, 0.3) is 0 Å². The van der Waals surface area contributed by atoms with Crippen molar-refractivity contribution < 1.29 is 5.11 Å². The van der Waals surface area contributed by atoms with E-state index < -0.39 is 0 Å². The Bertz CT molecular complexity index is 397. The van der Waals surface area contributed by atoms with Crippen LogP contribution in [0.25, 0.3) is 0 Å². The fourth-order valence-electron chi connectivity index (χ4n) is 1.26. The van der Waals surface area contributed by atoms with Gasteiger partial charge in [-0.3, -0.25) is 4.99 Å². The number of nitrogens with zero attached hydrogens (tertiary/aromatic N) is 3. The molecule has 0 fully saturated rings. The van der Waals surface area contributed by atoms with Crippen LogP contribution >= 0.6 is 0 Å². The zero-order valence-electron chi connectivity index (χ0n) is 9.23. The molecule has 0 aliphatic heterocycles. The summed E-state index contributed by atoms with van der Waals surface area (Å²) in [6.07, 6.45) is 1.60. The van der Waals surface area contributed by atoms with Crippen molar-refractivity contribution in [3.8, 4) is 5.88 Å². The van der Waals surface area contributed by atoms with E-state index in [1.165, 1.54) is 0 Å². The molecule has 0 radical (unpaired) electrons. The Morgan fingerprint density at radius 1 is 1.53 bits per heavy atom. The summed E-state index contributed by atoms with van der Waals surface area (Å²) < 4.78 is 0. The van der Waals surface area contributed by atoms with Gasteiger partial charge in [-0.15, -0.1) is 0 Å². The van der Waals surface area contributed by atoms with Gasteiger partial charge in [0.1, 0.15) is 5.69 Å². The number of aromatic hydroxyl groups is 1. The zero-order valence-corrected chi connectivity index (χ0v) is 9.23. The molecule has 0 unspecified atom stereocenters. The quantitative estimate of drug-likeness (QED) is 0.771. The minimum atomic E-state index is 0.0120. The van der Waals surface area contributed by atoms with Gasteiger partial charge in [0.05, 0.1) is 0 Å². The number of rotatable bonds is 3. The SMILES string of the molecule is C=Nc1cc(C(C)C)c(O)nc1/N=C\C. The summed E-state index contributed by atoms with van der Waals surface area (Å²) in [6.45, 7) is 9.20. The molecule has 1 aromatic rings. The lowest BCUT2D eigenvalue weighted by molar-refractivity contribution is 0.443. The Kier molecular flexibility index (Phi) is 3.55. The third-order valence-electron chi connectivity index (χ3n) is 2.04. The topological polar surface area (TPSA) is 57.8 Å². The van der Waals surface area contributed by atoms with Gasteiger partial charge in [-0.2, -0.15) is 4.98 Å². The highest BCUT2D eigenvalue weighted by atomic mass is 16.3. The monoisotopic (exact) mass is 205 g/mol. The molecule has 80 valence electrons. The maximum absolute atomic E-state index is 9.66. The maximum Gasteiger partial charge on any atom is 0.216 e. The molecule has 0 atom stereocenters. The number of aliphatic imine (C=N–C) groups is 2. The first kappa shape index (κ1) is 11.4. The third kappa shape index (κ3) is 2.40. The van der Waals surface area contributed by atoms with E-state index in [4.69, 9.17) is 0 Å². The summed E-state index contributed by atoms with van der Waals surface area (Å²) in [5.74, 6) is 0.602. The molecule has 15 heavy (non-hydrogen) atoms. The molecule has 0 aromatic carbocycles. The number of hydrogen-bond donors (Lipinski definition) is 1. The standard InChI is InChI=1S/C11H15N3O/c1-5-13-10-9(12-4)6-8(7(2)3)11(15)14-10/h5-7H,4H2,1-3H3,(H,14,15)/b13-5-. The molecule has 4 nitrogen and oxygen atoms in total. The van der Waals surface area contributed by atoms with Crippen LogP contribution in [0.5, 0.6) is 5.88 Å². The van der Waals surface area contributed by atoms with E-state index in [0.717, 1.165) is 5.56 Å². The summed E-state index contributed by atoms with van der Waals surface area (Å²) in [5.41, 5.74) is 1.35. The number of aromatic nitrogens is 1. The molecule has 0 bridgehead atoms. The lowest BCUT2D eigenvalue weighted by Gasteiger charge is -2.09. The lowest BCUT2D eigenvalue weighted by Crippen LogP contribution is -1.91. The molecular weight excluding hydrogens is 190 g/mol. The third-order valence-corrected chi connectivity index (χ3v) is 2.04. The molecule has 1 rings (SSSR count). The minimum absolute atomic E-state index is 0.0120. The van der Waals surface area contributed by atoms with Gasteiger partial charge in [0, 0.05) is 11.8 Å². The average Bonchev–Trinajstić information content (AvgIpc) is 2.18. The molecule has 0 aliphatic rings. The molecule has 1 heterocycles. The number of pyridine rings is 1. The molecule has 0 amide bonds. The fraction of sp³-hybridized carbons (Fsp3) is 0.364. The van der Waals surface area contributed by atoms with Crippen LogP contribution in [-0.4, -0.2) is 23.0 Å². The van der Waals surface area contributed by atoms with Crippen molar-refractivity contribution >= 4 is 24.4 Å².